The quantitative estimate of drug-likeness (QED) is 0.798. The summed E-state index contributed by atoms with van der Waals surface area (Å²) >= 11 is 0. The van der Waals surface area contributed by atoms with Crippen molar-refractivity contribution in [2.24, 2.45) is 0 Å². The molecule has 8 heteroatoms. The normalized spacial score (nSPS) is 11.3. The molecule has 0 unspecified atom stereocenters. The summed E-state index contributed by atoms with van der Waals surface area (Å²) in [6.07, 6.45) is 1.26. The fraction of sp³-hybridized carbons (Fsp3) is 0.0625. The third-order valence-corrected chi connectivity index (χ3v) is 3.21. The summed E-state index contributed by atoms with van der Waals surface area (Å²) in [7, 11) is 0. The molecule has 1 N–H and O–H groups in total. The van der Waals surface area contributed by atoms with Crippen molar-refractivity contribution >= 4 is 11.6 Å². The Bertz CT molecular complexity index is 859. The highest BCUT2D eigenvalue weighted by Gasteiger charge is 2.30. The van der Waals surface area contributed by atoms with E-state index in [4.69, 9.17) is 0 Å². The topological polar surface area (TPSA) is 59.8 Å². The molecule has 0 bridgehead atoms. The highest BCUT2D eigenvalue weighted by Crippen LogP contribution is 2.30. The van der Waals surface area contributed by atoms with Crippen LogP contribution in [0.4, 0.5) is 18.9 Å². The van der Waals surface area contributed by atoms with Crippen LogP contribution in [0.5, 0.6) is 0 Å². The molecular weight excluding hydrogens is 321 g/mol. The summed E-state index contributed by atoms with van der Waals surface area (Å²) < 4.78 is 39.6. The molecule has 3 rings (SSSR count). The van der Waals surface area contributed by atoms with Crippen LogP contribution >= 0.6 is 0 Å². The molecule has 2 heterocycles. The number of hydrogen-bond donors (Lipinski definition) is 1. The number of carbonyl (C=O) groups excluding carboxylic acids is 1. The molecule has 122 valence electrons. The lowest BCUT2D eigenvalue weighted by Gasteiger charge is -2.08. The molecule has 0 spiro atoms. The van der Waals surface area contributed by atoms with Gasteiger partial charge in [0.1, 0.15) is 12.0 Å². The van der Waals surface area contributed by atoms with E-state index in [1.165, 1.54) is 35.4 Å². The van der Waals surface area contributed by atoms with Crippen molar-refractivity contribution in [3.8, 4) is 5.69 Å². The van der Waals surface area contributed by atoms with Crippen LogP contribution in [-0.4, -0.2) is 20.4 Å². The molecule has 3 aromatic rings. The first-order valence-corrected chi connectivity index (χ1v) is 6.86. The molecule has 24 heavy (non-hydrogen) atoms. The van der Waals surface area contributed by atoms with Crippen LogP contribution in [0.15, 0.2) is 61.3 Å². The molecule has 0 fully saturated rings. The Hall–Kier alpha value is -3.16. The number of imidazole rings is 1. The van der Waals surface area contributed by atoms with E-state index in [0.717, 1.165) is 12.1 Å². The first-order chi connectivity index (χ1) is 11.4. The number of alkyl halides is 3. The fourth-order valence-electron chi connectivity index (χ4n) is 2.06. The van der Waals surface area contributed by atoms with Gasteiger partial charge in [-0.3, -0.25) is 9.78 Å². The zero-order valence-electron chi connectivity index (χ0n) is 12.2. The number of aromatic nitrogens is 3. The number of carbonyl (C=O) groups is 1. The van der Waals surface area contributed by atoms with Crippen LogP contribution < -0.4 is 5.32 Å². The minimum atomic E-state index is -4.43. The highest BCUT2D eigenvalue weighted by atomic mass is 19.4. The van der Waals surface area contributed by atoms with Gasteiger partial charge in [0.2, 0.25) is 0 Å². The van der Waals surface area contributed by atoms with Crippen molar-refractivity contribution in [2.75, 3.05) is 5.32 Å². The van der Waals surface area contributed by atoms with Crippen LogP contribution in [0.1, 0.15) is 16.1 Å². The number of benzene rings is 1. The monoisotopic (exact) mass is 332 g/mol. The molecule has 1 aromatic carbocycles. The van der Waals surface area contributed by atoms with Gasteiger partial charge in [-0.05, 0) is 30.3 Å². The van der Waals surface area contributed by atoms with Gasteiger partial charge in [0.15, 0.2) is 0 Å². The van der Waals surface area contributed by atoms with E-state index in [1.54, 1.807) is 18.3 Å². The second kappa shape index (κ2) is 6.15. The number of anilines is 1. The number of hydrogen-bond acceptors (Lipinski definition) is 3. The first-order valence-electron chi connectivity index (χ1n) is 6.86. The molecule has 0 saturated carbocycles. The van der Waals surface area contributed by atoms with Gasteiger partial charge in [-0.2, -0.15) is 13.2 Å². The summed E-state index contributed by atoms with van der Waals surface area (Å²) in [6, 6.07) is 8.10. The van der Waals surface area contributed by atoms with Crippen molar-refractivity contribution < 1.29 is 18.0 Å². The van der Waals surface area contributed by atoms with E-state index in [9.17, 15) is 18.0 Å². The second-order valence-electron chi connectivity index (χ2n) is 4.91. The fourth-order valence-corrected chi connectivity index (χ4v) is 2.06. The number of nitrogens with one attached hydrogen (secondary N) is 1. The van der Waals surface area contributed by atoms with Gasteiger partial charge >= 0.3 is 6.18 Å². The molecule has 0 aliphatic heterocycles. The van der Waals surface area contributed by atoms with Gasteiger partial charge in [0.05, 0.1) is 17.4 Å². The van der Waals surface area contributed by atoms with Crippen LogP contribution in [0.3, 0.4) is 0 Å². The molecule has 1 amide bonds. The summed E-state index contributed by atoms with van der Waals surface area (Å²) in [6.45, 7) is 0. The minimum Gasteiger partial charge on any atom is -0.319 e. The number of nitrogens with zero attached hydrogens (tertiary/aromatic N) is 3. The SMILES string of the molecule is O=C(Nc1cccnc1)c1cn(-c2cccc(C(F)(F)F)c2)cn1. The predicted molar refractivity (Wildman–Crippen MR) is 80.8 cm³/mol. The zero-order chi connectivity index (χ0) is 17.2. The Morgan fingerprint density at radius 2 is 2.00 bits per heavy atom. The number of amides is 1. The second-order valence-corrected chi connectivity index (χ2v) is 4.91. The van der Waals surface area contributed by atoms with Gasteiger partial charge in [-0.15, -0.1) is 0 Å². The van der Waals surface area contributed by atoms with Crippen LogP contribution in [0.2, 0.25) is 0 Å². The largest absolute Gasteiger partial charge is 0.416 e. The first kappa shape index (κ1) is 15.7. The third-order valence-electron chi connectivity index (χ3n) is 3.21. The van der Waals surface area contributed by atoms with Crippen molar-refractivity contribution in [1.82, 2.24) is 14.5 Å². The van der Waals surface area contributed by atoms with E-state index in [-0.39, 0.29) is 11.4 Å². The smallest absolute Gasteiger partial charge is 0.319 e. The Labute approximate surface area is 134 Å². The average Bonchev–Trinajstić information content (AvgIpc) is 3.05. The lowest BCUT2D eigenvalue weighted by molar-refractivity contribution is -0.137. The van der Waals surface area contributed by atoms with Gasteiger partial charge < -0.3 is 9.88 Å². The maximum Gasteiger partial charge on any atom is 0.416 e. The van der Waals surface area contributed by atoms with Gasteiger partial charge in [0, 0.05) is 18.1 Å². The Morgan fingerprint density at radius 3 is 2.71 bits per heavy atom. The Balaban J connectivity index is 1.82. The minimum absolute atomic E-state index is 0.0799. The maximum atomic E-state index is 12.8. The number of pyridine rings is 1. The van der Waals surface area contributed by atoms with Gasteiger partial charge in [-0.1, -0.05) is 6.07 Å². The molecule has 0 radical (unpaired) electrons. The summed E-state index contributed by atoms with van der Waals surface area (Å²) in [5.41, 5.74) is 0.0696. The van der Waals surface area contributed by atoms with Crippen molar-refractivity contribution in [3.63, 3.8) is 0 Å². The van der Waals surface area contributed by atoms with Crippen molar-refractivity contribution in [3.05, 3.63) is 72.6 Å². The van der Waals surface area contributed by atoms with E-state index >= 15 is 0 Å². The molecule has 0 aliphatic carbocycles. The van der Waals surface area contributed by atoms with E-state index in [0.29, 0.717) is 5.69 Å². The molecule has 2 aromatic heterocycles. The summed E-state index contributed by atoms with van der Waals surface area (Å²) in [4.78, 5) is 19.9. The Morgan fingerprint density at radius 1 is 1.17 bits per heavy atom. The lowest BCUT2D eigenvalue weighted by Crippen LogP contribution is -2.12. The summed E-state index contributed by atoms with van der Waals surface area (Å²) in [5, 5.41) is 2.60. The molecule has 0 atom stereocenters. The predicted octanol–water partition coefficient (Wildman–Crippen LogP) is 3.54. The van der Waals surface area contributed by atoms with E-state index in [2.05, 4.69) is 15.3 Å². The molecule has 0 aliphatic rings. The maximum absolute atomic E-state index is 12.8. The molecule has 0 saturated heterocycles. The van der Waals surface area contributed by atoms with Crippen molar-refractivity contribution in [1.29, 1.82) is 0 Å². The number of rotatable bonds is 3. The van der Waals surface area contributed by atoms with Crippen molar-refractivity contribution in [2.45, 2.75) is 6.18 Å². The average molecular weight is 332 g/mol. The standard InChI is InChI=1S/C16H11F3N4O/c17-16(18,19)11-3-1-5-13(7-11)23-9-14(21-10-23)15(24)22-12-4-2-6-20-8-12/h1-10H,(H,22,24). The number of halogens is 3. The third kappa shape index (κ3) is 3.43. The van der Waals surface area contributed by atoms with Crippen LogP contribution in [0, 0.1) is 0 Å². The Kier molecular flexibility index (Phi) is 4.03. The zero-order valence-corrected chi connectivity index (χ0v) is 12.2. The molecule has 5 nitrogen and oxygen atoms in total. The highest BCUT2D eigenvalue weighted by molar-refractivity contribution is 6.02. The van der Waals surface area contributed by atoms with E-state index < -0.39 is 17.6 Å². The van der Waals surface area contributed by atoms with Crippen LogP contribution in [0.25, 0.3) is 5.69 Å². The van der Waals surface area contributed by atoms with Gasteiger partial charge in [-0.25, -0.2) is 4.98 Å². The van der Waals surface area contributed by atoms with Crippen LogP contribution in [-0.2, 0) is 6.18 Å². The molecular formula is C16H11F3N4O. The van der Waals surface area contributed by atoms with Gasteiger partial charge in [0.25, 0.3) is 5.91 Å². The summed E-state index contributed by atoms with van der Waals surface area (Å²) in [5.74, 6) is -0.478. The lowest BCUT2D eigenvalue weighted by atomic mass is 10.2. The van der Waals surface area contributed by atoms with E-state index in [1.807, 2.05) is 0 Å².